The van der Waals surface area contributed by atoms with Crippen molar-refractivity contribution in [1.29, 1.82) is 0 Å². The number of halogens is 1. The first-order chi connectivity index (χ1) is 11.4. The maximum Gasteiger partial charge on any atom is 0.239 e. The van der Waals surface area contributed by atoms with Crippen molar-refractivity contribution >= 4 is 11.8 Å². The van der Waals surface area contributed by atoms with Crippen LogP contribution in [0.3, 0.4) is 0 Å². The zero-order chi connectivity index (χ0) is 17.6. The third kappa shape index (κ3) is 5.20. The predicted octanol–water partition coefficient (Wildman–Crippen LogP) is 1.10. The van der Waals surface area contributed by atoms with Crippen molar-refractivity contribution in [3.05, 3.63) is 59.8 Å². The van der Waals surface area contributed by atoms with Gasteiger partial charge in [-0.15, -0.1) is 0 Å². The predicted molar refractivity (Wildman–Crippen MR) is 84.4 cm³/mol. The van der Waals surface area contributed by atoms with E-state index in [-0.39, 0.29) is 19.5 Å². The van der Waals surface area contributed by atoms with Crippen LogP contribution in [-0.4, -0.2) is 30.0 Å². The van der Waals surface area contributed by atoms with E-state index in [1.54, 1.807) is 18.2 Å². The van der Waals surface area contributed by atoms with Crippen LogP contribution in [0.15, 0.2) is 47.1 Å². The quantitative estimate of drug-likeness (QED) is 0.707. The Hall–Kier alpha value is -2.67. The van der Waals surface area contributed by atoms with E-state index in [2.05, 4.69) is 10.6 Å². The largest absolute Gasteiger partial charge is 0.466 e. The number of aliphatic hydroxyl groups is 1. The van der Waals surface area contributed by atoms with Gasteiger partial charge in [0.15, 0.2) is 0 Å². The number of furan rings is 1. The molecule has 6 nitrogen and oxygen atoms in total. The zero-order valence-corrected chi connectivity index (χ0v) is 13.2. The molecule has 3 N–H and O–H groups in total. The highest BCUT2D eigenvalue weighted by molar-refractivity contribution is 5.85. The van der Waals surface area contributed by atoms with Crippen LogP contribution < -0.4 is 10.6 Å². The van der Waals surface area contributed by atoms with E-state index in [4.69, 9.17) is 4.42 Å². The minimum absolute atomic E-state index is 0.0187. The third-order valence-electron chi connectivity index (χ3n) is 3.38. The molecule has 2 rings (SSSR count). The van der Waals surface area contributed by atoms with Gasteiger partial charge in [0.1, 0.15) is 17.2 Å². The van der Waals surface area contributed by atoms with Crippen LogP contribution >= 0.6 is 0 Å². The Labute approximate surface area is 138 Å². The standard InChI is InChI=1S/C17H19FN2O4/c1-17(23,14-6-3-7-24-14)11-20-16(22)10-19-15(21)9-12-4-2-5-13(18)8-12/h2-8,23H,9-11H2,1H3,(H,19,21)(H,20,22). The van der Waals surface area contributed by atoms with Gasteiger partial charge in [0.2, 0.25) is 11.8 Å². The summed E-state index contributed by atoms with van der Waals surface area (Å²) in [5.41, 5.74) is -0.821. The fourth-order valence-electron chi connectivity index (χ4n) is 2.08. The first kappa shape index (κ1) is 17.7. The Morgan fingerprint density at radius 3 is 2.67 bits per heavy atom. The monoisotopic (exact) mass is 334 g/mol. The molecular weight excluding hydrogens is 315 g/mol. The molecule has 0 saturated heterocycles. The molecule has 0 bridgehead atoms. The lowest BCUT2D eigenvalue weighted by Crippen LogP contribution is -2.43. The summed E-state index contributed by atoms with van der Waals surface area (Å²) < 4.78 is 18.1. The molecule has 1 atom stereocenters. The van der Waals surface area contributed by atoms with Gasteiger partial charge >= 0.3 is 0 Å². The second-order valence-electron chi connectivity index (χ2n) is 5.61. The smallest absolute Gasteiger partial charge is 0.239 e. The van der Waals surface area contributed by atoms with E-state index in [1.165, 1.54) is 31.4 Å². The molecular formula is C17H19FN2O4. The van der Waals surface area contributed by atoms with Gasteiger partial charge in [-0.05, 0) is 36.8 Å². The fraction of sp³-hybridized carbons (Fsp3) is 0.294. The van der Waals surface area contributed by atoms with Gasteiger partial charge in [-0.25, -0.2) is 4.39 Å². The van der Waals surface area contributed by atoms with Crippen LogP contribution in [0.5, 0.6) is 0 Å². The van der Waals surface area contributed by atoms with Crippen LogP contribution in [0.25, 0.3) is 0 Å². The van der Waals surface area contributed by atoms with Crippen LogP contribution in [0, 0.1) is 5.82 Å². The number of rotatable bonds is 7. The molecule has 24 heavy (non-hydrogen) atoms. The molecule has 2 aromatic rings. The maximum absolute atomic E-state index is 13.0. The fourth-order valence-corrected chi connectivity index (χ4v) is 2.08. The molecule has 0 aliphatic carbocycles. The van der Waals surface area contributed by atoms with Gasteiger partial charge in [-0.2, -0.15) is 0 Å². The molecule has 2 amide bonds. The number of hydrogen-bond donors (Lipinski definition) is 3. The van der Waals surface area contributed by atoms with Gasteiger partial charge in [0.05, 0.1) is 25.8 Å². The van der Waals surface area contributed by atoms with Crippen molar-refractivity contribution in [3.8, 4) is 0 Å². The van der Waals surface area contributed by atoms with Crippen molar-refractivity contribution < 1.29 is 23.5 Å². The number of hydrogen-bond acceptors (Lipinski definition) is 4. The van der Waals surface area contributed by atoms with Crippen molar-refractivity contribution in [2.24, 2.45) is 0 Å². The summed E-state index contributed by atoms with van der Waals surface area (Å²) >= 11 is 0. The molecule has 1 aromatic carbocycles. The van der Waals surface area contributed by atoms with Crippen molar-refractivity contribution in [1.82, 2.24) is 10.6 Å². The van der Waals surface area contributed by atoms with Crippen LogP contribution in [0.4, 0.5) is 4.39 Å². The van der Waals surface area contributed by atoms with E-state index in [9.17, 15) is 19.1 Å². The molecule has 1 unspecified atom stereocenters. The Bertz CT molecular complexity index is 698. The van der Waals surface area contributed by atoms with Gasteiger partial charge < -0.3 is 20.2 Å². The van der Waals surface area contributed by atoms with Crippen LogP contribution in [-0.2, 0) is 21.6 Å². The molecule has 7 heteroatoms. The molecule has 0 saturated carbocycles. The highest BCUT2D eigenvalue weighted by Crippen LogP contribution is 2.19. The molecule has 1 heterocycles. The van der Waals surface area contributed by atoms with Crippen LogP contribution in [0.1, 0.15) is 18.2 Å². The van der Waals surface area contributed by atoms with E-state index in [0.717, 1.165) is 0 Å². The van der Waals surface area contributed by atoms with Gasteiger partial charge in [0.25, 0.3) is 0 Å². The SMILES string of the molecule is CC(O)(CNC(=O)CNC(=O)Cc1cccc(F)c1)c1ccco1. The molecule has 0 spiro atoms. The molecule has 0 aliphatic heterocycles. The zero-order valence-electron chi connectivity index (χ0n) is 13.2. The first-order valence-electron chi connectivity index (χ1n) is 7.41. The highest BCUT2D eigenvalue weighted by Gasteiger charge is 2.26. The summed E-state index contributed by atoms with van der Waals surface area (Å²) in [7, 11) is 0. The van der Waals surface area contributed by atoms with Crippen molar-refractivity contribution in [2.75, 3.05) is 13.1 Å². The highest BCUT2D eigenvalue weighted by atomic mass is 19.1. The van der Waals surface area contributed by atoms with Gasteiger partial charge in [-0.3, -0.25) is 9.59 Å². The lowest BCUT2D eigenvalue weighted by molar-refractivity contribution is -0.126. The number of benzene rings is 1. The second-order valence-corrected chi connectivity index (χ2v) is 5.61. The van der Waals surface area contributed by atoms with Gasteiger partial charge in [-0.1, -0.05) is 12.1 Å². The Morgan fingerprint density at radius 1 is 1.21 bits per heavy atom. The summed E-state index contributed by atoms with van der Waals surface area (Å²) in [6.45, 7) is 1.22. The van der Waals surface area contributed by atoms with E-state index in [1.807, 2.05) is 0 Å². The van der Waals surface area contributed by atoms with Crippen LogP contribution in [0.2, 0.25) is 0 Å². The molecule has 1 aromatic heterocycles. The average molecular weight is 334 g/mol. The molecule has 0 radical (unpaired) electrons. The summed E-state index contributed by atoms with van der Waals surface area (Å²) in [6, 6.07) is 8.94. The van der Waals surface area contributed by atoms with E-state index < -0.39 is 23.2 Å². The number of amides is 2. The number of carbonyl (C=O) groups is 2. The molecule has 0 aliphatic rings. The topological polar surface area (TPSA) is 91.6 Å². The Kier molecular flexibility index (Phi) is 5.70. The van der Waals surface area contributed by atoms with E-state index in [0.29, 0.717) is 11.3 Å². The first-order valence-corrected chi connectivity index (χ1v) is 7.41. The summed E-state index contributed by atoms with van der Waals surface area (Å²) in [4.78, 5) is 23.5. The maximum atomic E-state index is 13.0. The third-order valence-corrected chi connectivity index (χ3v) is 3.38. The second kappa shape index (κ2) is 7.74. The molecule has 128 valence electrons. The van der Waals surface area contributed by atoms with E-state index >= 15 is 0 Å². The lowest BCUT2D eigenvalue weighted by Gasteiger charge is -2.21. The summed E-state index contributed by atoms with van der Waals surface area (Å²) in [5, 5.41) is 15.1. The average Bonchev–Trinajstić information content (AvgIpc) is 3.06. The minimum atomic E-state index is -1.34. The minimum Gasteiger partial charge on any atom is -0.466 e. The Balaban J connectivity index is 1.74. The number of nitrogens with one attached hydrogen (secondary N) is 2. The number of carbonyl (C=O) groups excluding carboxylic acids is 2. The van der Waals surface area contributed by atoms with Crippen molar-refractivity contribution in [3.63, 3.8) is 0 Å². The Morgan fingerprint density at radius 2 is 2.00 bits per heavy atom. The van der Waals surface area contributed by atoms with Gasteiger partial charge in [0, 0.05) is 0 Å². The lowest BCUT2D eigenvalue weighted by atomic mass is 10.0. The van der Waals surface area contributed by atoms with Crippen molar-refractivity contribution in [2.45, 2.75) is 18.9 Å². The summed E-state index contributed by atoms with van der Waals surface area (Å²) in [5.74, 6) is -0.931. The molecule has 0 fully saturated rings. The summed E-state index contributed by atoms with van der Waals surface area (Å²) in [6.07, 6.45) is 1.41. The normalized spacial score (nSPS) is 13.1.